The van der Waals surface area contributed by atoms with Crippen molar-refractivity contribution in [3.8, 4) is 11.1 Å². The van der Waals surface area contributed by atoms with E-state index in [0.717, 1.165) is 31.8 Å². The molecular weight excluding hydrogens is 374 g/mol. The molecule has 0 bridgehead atoms. The molecule has 1 aromatic heterocycles. The second-order valence-electron chi connectivity index (χ2n) is 6.99. The lowest BCUT2D eigenvalue weighted by atomic mass is 10.00. The third-order valence-electron chi connectivity index (χ3n) is 5.00. The molecule has 0 unspecified atom stereocenters. The summed E-state index contributed by atoms with van der Waals surface area (Å²) in [4.78, 5) is 0. The van der Waals surface area contributed by atoms with E-state index in [0.29, 0.717) is 6.04 Å². The molecule has 2 heterocycles. The van der Waals surface area contributed by atoms with Crippen molar-refractivity contribution in [3.63, 3.8) is 0 Å². The summed E-state index contributed by atoms with van der Waals surface area (Å²) < 4.78 is 5.97. The van der Waals surface area contributed by atoms with Gasteiger partial charge in [0.05, 0.1) is 0 Å². The third kappa shape index (κ3) is 5.58. The highest BCUT2D eigenvalue weighted by molar-refractivity contribution is 7.08. The zero-order chi connectivity index (χ0) is 17.6. The van der Waals surface area contributed by atoms with Gasteiger partial charge >= 0.3 is 0 Å². The van der Waals surface area contributed by atoms with E-state index in [4.69, 9.17) is 4.74 Å². The summed E-state index contributed by atoms with van der Waals surface area (Å²) in [7, 11) is 0. The minimum Gasteiger partial charge on any atom is -0.492 e. The molecule has 2 aliphatic rings. The average molecular weight is 400 g/mol. The van der Waals surface area contributed by atoms with E-state index < -0.39 is 0 Å². The Bertz CT molecular complexity index is 799. The second-order valence-corrected chi connectivity index (χ2v) is 7.77. The van der Waals surface area contributed by atoms with E-state index in [1.54, 1.807) is 11.3 Å². The van der Waals surface area contributed by atoms with E-state index in [-0.39, 0.29) is 12.4 Å². The lowest BCUT2D eigenvalue weighted by molar-refractivity contribution is 0.197. The maximum Gasteiger partial charge on any atom is 0.119 e. The van der Waals surface area contributed by atoms with Gasteiger partial charge in [0.1, 0.15) is 12.4 Å². The van der Waals surface area contributed by atoms with Crippen molar-refractivity contribution in [2.45, 2.75) is 31.7 Å². The maximum absolute atomic E-state index is 5.97. The Kier molecular flexibility index (Phi) is 7.33. The Hall–Kier alpha value is -1.81. The summed E-state index contributed by atoms with van der Waals surface area (Å²) in [5.41, 5.74) is 5.37. The van der Waals surface area contributed by atoms with Crippen molar-refractivity contribution < 1.29 is 4.74 Å². The van der Waals surface area contributed by atoms with Crippen molar-refractivity contribution >= 4 is 23.7 Å². The van der Waals surface area contributed by atoms with Crippen LogP contribution < -0.4 is 5.32 Å². The molecule has 1 atom stereocenters. The maximum atomic E-state index is 5.97. The molecule has 0 spiro atoms. The normalized spacial score (nSPS) is 19.0. The van der Waals surface area contributed by atoms with Crippen molar-refractivity contribution in [1.29, 1.82) is 0 Å². The van der Waals surface area contributed by atoms with Crippen molar-refractivity contribution in [2.24, 2.45) is 0 Å². The fourth-order valence-corrected chi connectivity index (χ4v) is 4.14. The fraction of sp³-hybridized carbons (Fsp3) is 0.304. The molecule has 4 rings (SSSR count). The molecular formula is C23H26ClNOS. The predicted molar refractivity (Wildman–Crippen MR) is 118 cm³/mol. The summed E-state index contributed by atoms with van der Waals surface area (Å²) in [6.07, 6.45) is 13.1. The van der Waals surface area contributed by atoms with Crippen LogP contribution in [0.5, 0.6) is 0 Å². The van der Waals surface area contributed by atoms with Crippen molar-refractivity contribution in [2.75, 3.05) is 13.2 Å². The van der Waals surface area contributed by atoms with Crippen molar-refractivity contribution in [1.82, 2.24) is 5.32 Å². The van der Waals surface area contributed by atoms with Crippen LogP contribution in [0, 0.1) is 0 Å². The Morgan fingerprint density at radius 3 is 2.70 bits per heavy atom. The number of allylic oxidation sites excluding steroid dienone is 5. The quantitative estimate of drug-likeness (QED) is 0.651. The van der Waals surface area contributed by atoms with Crippen LogP contribution in [-0.4, -0.2) is 19.2 Å². The molecule has 1 fully saturated rings. The van der Waals surface area contributed by atoms with Crippen LogP contribution in [0.3, 0.4) is 0 Å². The van der Waals surface area contributed by atoms with Gasteiger partial charge in [-0.3, -0.25) is 0 Å². The molecule has 0 radical (unpaired) electrons. The number of halogens is 1. The molecule has 27 heavy (non-hydrogen) atoms. The van der Waals surface area contributed by atoms with Crippen LogP contribution in [0.15, 0.2) is 76.7 Å². The smallest absolute Gasteiger partial charge is 0.119 e. The predicted octanol–water partition coefficient (Wildman–Crippen LogP) is 5.92. The number of hydrogen-bond donors (Lipinski definition) is 1. The van der Waals surface area contributed by atoms with E-state index in [1.807, 2.05) is 0 Å². The lowest BCUT2D eigenvalue weighted by Gasteiger charge is -2.12. The van der Waals surface area contributed by atoms with Gasteiger partial charge in [0.2, 0.25) is 0 Å². The first-order valence-electron chi connectivity index (χ1n) is 9.41. The van der Waals surface area contributed by atoms with Crippen LogP contribution in [0.2, 0.25) is 0 Å². The van der Waals surface area contributed by atoms with Crippen molar-refractivity contribution in [3.05, 3.63) is 82.3 Å². The van der Waals surface area contributed by atoms with Gasteiger partial charge in [-0.15, -0.1) is 12.4 Å². The molecule has 1 aliphatic heterocycles. The van der Waals surface area contributed by atoms with Crippen LogP contribution in [0.25, 0.3) is 11.1 Å². The first-order chi connectivity index (χ1) is 12.9. The molecule has 1 aromatic carbocycles. The van der Waals surface area contributed by atoms with E-state index in [2.05, 4.69) is 70.7 Å². The van der Waals surface area contributed by atoms with Gasteiger partial charge in [-0.25, -0.2) is 0 Å². The van der Waals surface area contributed by atoms with Gasteiger partial charge in [-0.2, -0.15) is 11.3 Å². The van der Waals surface area contributed by atoms with Crippen LogP contribution >= 0.6 is 23.7 Å². The minimum atomic E-state index is 0. The molecule has 0 amide bonds. The number of benzene rings is 1. The Morgan fingerprint density at radius 2 is 1.96 bits per heavy atom. The topological polar surface area (TPSA) is 21.3 Å². The molecule has 1 N–H and O–H groups in total. The molecule has 142 valence electrons. The molecule has 2 aromatic rings. The highest BCUT2D eigenvalue weighted by Crippen LogP contribution is 2.24. The van der Waals surface area contributed by atoms with Gasteiger partial charge < -0.3 is 10.1 Å². The molecule has 2 nitrogen and oxygen atoms in total. The fourth-order valence-electron chi connectivity index (χ4n) is 3.48. The summed E-state index contributed by atoms with van der Waals surface area (Å²) in [6.45, 7) is 1.89. The second kappa shape index (κ2) is 9.93. The largest absolute Gasteiger partial charge is 0.492 e. The Balaban J connectivity index is 0.00000210. The summed E-state index contributed by atoms with van der Waals surface area (Å²) >= 11 is 1.74. The summed E-state index contributed by atoms with van der Waals surface area (Å²) in [5.74, 6) is 0.974. The highest BCUT2D eigenvalue weighted by atomic mass is 35.5. The van der Waals surface area contributed by atoms with Crippen LogP contribution in [0.1, 0.15) is 24.8 Å². The first-order valence-corrected chi connectivity index (χ1v) is 10.3. The minimum absolute atomic E-state index is 0. The number of thiophene rings is 1. The monoisotopic (exact) mass is 399 g/mol. The highest BCUT2D eigenvalue weighted by Gasteiger charge is 2.14. The molecule has 0 saturated carbocycles. The number of rotatable bonds is 6. The van der Waals surface area contributed by atoms with Gasteiger partial charge in [0.25, 0.3) is 0 Å². The summed E-state index contributed by atoms with van der Waals surface area (Å²) in [5, 5.41) is 7.80. The zero-order valence-corrected chi connectivity index (χ0v) is 17.0. The van der Waals surface area contributed by atoms with E-state index in [1.165, 1.54) is 35.1 Å². The lowest BCUT2D eigenvalue weighted by Crippen LogP contribution is -2.26. The third-order valence-corrected chi connectivity index (χ3v) is 5.68. The standard InChI is InChI=1S/C23H25NOS.ClH/c1-3-18(8-11-23(5-1)25-16-22-4-2-13-24-22)15-19-6-9-20(10-7-19)21-12-14-26-17-21;/h1,5-12,14,17,22,24H,2-4,13,15-16H2;1H/t22-;/m0./s1. The number of nitrogens with one attached hydrogen (secondary N) is 1. The van der Waals surface area contributed by atoms with E-state index >= 15 is 0 Å². The average Bonchev–Trinajstić information content (AvgIpc) is 3.34. The molecule has 1 saturated heterocycles. The SMILES string of the molecule is C1=CC(OC[C@@H]2CCCN2)=CC=C(Cc2ccc(-c3ccsc3)cc2)C1.Cl. The Morgan fingerprint density at radius 1 is 1.07 bits per heavy atom. The van der Waals surface area contributed by atoms with Gasteiger partial charge in [-0.1, -0.05) is 42.0 Å². The van der Waals surface area contributed by atoms with Gasteiger partial charge in [0, 0.05) is 6.04 Å². The van der Waals surface area contributed by atoms with Gasteiger partial charge in [-0.05, 0) is 77.9 Å². The summed E-state index contributed by atoms with van der Waals surface area (Å²) in [6, 6.07) is 11.6. The number of hydrogen-bond acceptors (Lipinski definition) is 3. The molecule has 1 aliphatic carbocycles. The van der Waals surface area contributed by atoms with Crippen LogP contribution in [-0.2, 0) is 11.2 Å². The Labute approximate surface area is 172 Å². The zero-order valence-electron chi connectivity index (χ0n) is 15.4. The van der Waals surface area contributed by atoms with Crippen LogP contribution in [0.4, 0.5) is 0 Å². The van der Waals surface area contributed by atoms with E-state index in [9.17, 15) is 0 Å². The molecule has 4 heteroatoms. The van der Waals surface area contributed by atoms with Gasteiger partial charge in [0.15, 0.2) is 0 Å². The first kappa shape index (κ1) is 19.9. The number of ether oxygens (including phenoxy) is 1.